The topological polar surface area (TPSA) is 18.5 Å². The summed E-state index contributed by atoms with van der Waals surface area (Å²) in [6.07, 6.45) is -0.0971. The predicted molar refractivity (Wildman–Crippen MR) is 274 cm³/mol. The van der Waals surface area contributed by atoms with Gasteiger partial charge in [-0.15, -0.1) is 0 Å². The van der Waals surface area contributed by atoms with E-state index in [1.54, 1.807) is 0 Å². The smallest absolute Gasteiger partial charge is 0.129 e. The van der Waals surface area contributed by atoms with Crippen molar-refractivity contribution in [3.63, 3.8) is 0 Å². The van der Waals surface area contributed by atoms with Gasteiger partial charge in [-0.25, -0.2) is 0 Å². The third kappa shape index (κ3) is 8.97. The maximum absolute atomic E-state index is 7.19. The summed E-state index contributed by atoms with van der Waals surface area (Å²) in [5.41, 5.74) is 12.5. The van der Waals surface area contributed by atoms with Crippen molar-refractivity contribution in [1.29, 1.82) is 0 Å². The molecule has 0 heterocycles. The van der Waals surface area contributed by atoms with Crippen LogP contribution in [0, 0.1) is 55.4 Å². The highest BCUT2D eigenvalue weighted by molar-refractivity contribution is 7.81. The van der Waals surface area contributed by atoms with Gasteiger partial charge in [0.1, 0.15) is 11.5 Å². The molecule has 314 valence electrons. The molecular weight excluding hydrogens is 791 g/mol. The minimum atomic E-state index is -1.18. The second-order valence-corrected chi connectivity index (χ2v) is 22.3. The van der Waals surface area contributed by atoms with Gasteiger partial charge in [0, 0.05) is 21.7 Å². The van der Waals surface area contributed by atoms with Crippen LogP contribution in [-0.4, -0.2) is 12.2 Å². The Morgan fingerprint density at radius 3 is 0.855 bits per heavy atom. The van der Waals surface area contributed by atoms with Crippen LogP contribution in [0.3, 0.4) is 0 Å². The summed E-state index contributed by atoms with van der Waals surface area (Å²) < 4.78 is 14.4. The summed E-state index contributed by atoms with van der Waals surface area (Å²) >= 11 is 0. The third-order valence-corrected chi connectivity index (χ3v) is 16.1. The zero-order chi connectivity index (χ0) is 44.0. The number of aryl methyl sites for hydroxylation is 8. The molecule has 0 saturated heterocycles. The van der Waals surface area contributed by atoms with Crippen LogP contribution >= 0.6 is 15.8 Å². The van der Waals surface area contributed by atoms with Crippen LogP contribution in [0.15, 0.2) is 133 Å². The first kappa shape index (κ1) is 43.4. The highest BCUT2D eigenvalue weighted by atomic mass is 31.1. The van der Waals surface area contributed by atoms with Gasteiger partial charge >= 0.3 is 0 Å². The van der Waals surface area contributed by atoms with Crippen molar-refractivity contribution in [2.45, 2.75) is 95.3 Å². The maximum atomic E-state index is 7.19. The molecule has 0 radical (unpaired) electrons. The average Bonchev–Trinajstić information content (AvgIpc) is 3.17. The van der Waals surface area contributed by atoms with E-state index < -0.39 is 15.8 Å². The van der Waals surface area contributed by atoms with Crippen molar-refractivity contribution in [2.75, 3.05) is 0 Å². The van der Waals surface area contributed by atoms with E-state index in [0.29, 0.717) is 0 Å². The Bertz CT molecular complexity index is 2590. The van der Waals surface area contributed by atoms with Crippen molar-refractivity contribution in [3.8, 4) is 22.6 Å². The van der Waals surface area contributed by atoms with E-state index in [1.807, 2.05) is 0 Å². The number of benzene rings is 8. The third-order valence-electron chi connectivity index (χ3n) is 11.3. The first-order valence-corrected chi connectivity index (χ1v) is 24.7. The van der Waals surface area contributed by atoms with Crippen molar-refractivity contribution in [2.24, 2.45) is 0 Å². The molecule has 8 aromatic carbocycles. The largest absolute Gasteiger partial charge is 0.490 e. The highest BCUT2D eigenvalue weighted by Gasteiger charge is 2.34. The second-order valence-electron chi connectivity index (χ2n) is 18.0. The fourth-order valence-corrected chi connectivity index (χ4v) is 15.3. The van der Waals surface area contributed by atoms with E-state index in [9.17, 15) is 0 Å². The molecule has 0 spiro atoms. The van der Waals surface area contributed by atoms with Gasteiger partial charge in [0.2, 0.25) is 0 Å². The summed E-state index contributed by atoms with van der Waals surface area (Å²) in [7, 11) is -2.36. The van der Waals surface area contributed by atoms with Crippen LogP contribution in [0.25, 0.3) is 32.7 Å². The van der Waals surface area contributed by atoms with Crippen LogP contribution in [0.4, 0.5) is 0 Å². The maximum Gasteiger partial charge on any atom is 0.129 e. The van der Waals surface area contributed by atoms with Gasteiger partial charge in [-0.3, -0.25) is 0 Å². The number of ether oxygens (including phenoxy) is 2. The molecule has 0 aromatic heterocycles. The number of fused-ring (bicyclic) bond motifs is 2. The Hall–Kier alpha value is -5.26. The molecule has 0 N–H and O–H groups in total. The van der Waals surface area contributed by atoms with E-state index in [4.69, 9.17) is 9.47 Å². The Morgan fingerprint density at radius 2 is 0.597 bits per heavy atom. The van der Waals surface area contributed by atoms with Crippen molar-refractivity contribution in [3.05, 3.63) is 178 Å². The zero-order valence-electron chi connectivity index (χ0n) is 38.6. The molecule has 0 saturated carbocycles. The van der Waals surface area contributed by atoms with Gasteiger partial charge in [0.25, 0.3) is 0 Å². The molecule has 0 aliphatic carbocycles. The predicted octanol–water partition coefficient (Wildman–Crippen LogP) is 13.2. The van der Waals surface area contributed by atoms with Crippen molar-refractivity contribution < 1.29 is 9.47 Å². The molecule has 8 aromatic rings. The number of hydrogen-bond acceptors (Lipinski definition) is 2. The second kappa shape index (κ2) is 17.8. The first-order chi connectivity index (χ1) is 29.6. The summed E-state index contributed by atoms with van der Waals surface area (Å²) in [4.78, 5) is 0. The van der Waals surface area contributed by atoms with Crippen LogP contribution in [0.2, 0.25) is 0 Å². The summed E-state index contributed by atoms with van der Waals surface area (Å²) in [5.74, 6) is 1.87. The zero-order valence-corrected chi connectivity index (χ0v) is 40.4. The molecule has 0 atom stereocenters. The van der Waals surface area contributed by atoms with E-state index in [0.717, 1.165) is 22.3 Å². The Labute approximate surface area is 372 Å². The molecule has 0 aliphatic heterocycles. The van der Waals surface area contributed by atoms with Gasteiger partial charge < -0.3 is 9.47 Å². The fourth-order valence-electron chi connectivity index (χ4n) is 9.39. The molecule has 0 fully saturated rings. The van der Waals surface area contributed by atoms with E-state index in [-0.39, 0.29) is 12.2 Å². The number of hydrogen-bond donors (Lipinski definition) is 0. The van der Waals surface area contributed by atoms with Crippen molar-refractivity contribution in [1.82, 2.24) is 0 Å². The fraction of sp³-hybridized carbons (Fsp3) is 0.241. The summed E-state index contributed by atoms with van der Waals surface area (Å²) in [6.45, 7) is 26.5. The normalized spacial score (nSPS) is 11.8. The van der Waals surface area contributed by atoms with E-state index >= 15 is 0 Å². The first-order valence-electron chi connectivity index (χ1n) is 22.0. The average molecular weight is 851 g/mol. The van der Waals surface area contributed by atoms with Gasteiger partial charge in [-0.1, -0.05) is 166 Å². The molecule has 2 nitrogen and oxygen atoms in total. The molecule has 0 unspecified atom stereocenters. The molecule has 8 rings (SSSR count). The SMILES string of the molecule is Cc1cc(C)cc(P(c2cc(C)cc(C)c2)c2c(OC(C)C)cc3ccccc3c2-c2c(P(c3cc(C)cc(C)c3)c3cc(C)cc(C)c3)c(OC(C)C)cc3ccccc23)c1. The summed E-state index contributed by atoms with van der Waals surface area (Å²) in [5, 5.41) is 12.5. The molecule has 0 amide bonds. The standard InChI is InChI=1S/C58H60O2P2/c1-35(2)59-53-33-45-17-13-15-19-51(45)55(57(53)61(47-25-37(5)21-38(6)26-47)48-27-39(7)22-40(8)28-48)56-52-20-16-14-18-46(52)34-54(60-36(3)4)58(56)62(49-29-41(9)23-42(10)30-49)50-31-43(11)24-44(12)32-50/h13-36H,1-12H3. The molecular formula is C58H60O2P2. The lowest BCUT2D eigenvalue weighted by Crippen LogP contribution is -2.30. The van der Waals surface area contributed by atoms with E-state index in [2.05, 4.69) is 217 Å². The Balaban J connectivity index is 1.67. The lowest BCUT2D eigenvalue weighted by atomic mass is 9.92. The molecule has 62 heavy (non-hydrogen) atoms. The Kier molecular flexibility index (Phi) is 12.5. The van der Waals surface area contributed by atoms with Gasteiger partial charge in [0.15, 0.2) is 0 Å². The van der Waals surface area contributed by atoms with Crippen LogP contribution in [-0.2, 0) is 0 Å². The molecule has 4 heteroatoms. The monoisotopic (exact) mass is 850 g/mol. The summed E-state index contributed by atoms with van der Waals surface area (Å²) in [6, 6.07) is 51.1. The van der Waals surface area contributed by atoms with Crippen LogP contribution in [0.5, 0.6) is 11.5 Å². The van der Waals surface area contributed by atoms with Crippen LogP contribution in [0.1, 0.15) is 72.2 Å². The minimum Gasteiger partial charge on any atom is -0.490 e. The highest BCUT2D eigenvalue weighted by Crippen LogP contribution is 2.51. The molecule has 0 aliphatic rings. The van der Waals surface area contributed by atoms with E-state index in [1.165, 1.54) is 98.2 Å². The quantitative estimate of drug-likeness (QED) is 0.121. The van der Waals surface area contributed by atoms with Gasteiger partial charge in [0.05, 0.1) is 12.2 Å². The minimum absolute atomic E-state index is 0.0485. The van der Waals surface area contributed by atoms with Crippen LogP contribution < -0.4 is 41.3 Å². The molecule has 0 bridgehead atoms. The number of rotatable bonds is 11. The van der Waals surface area contributed by atoms with Crippen molar-refractivity contribution >= 4 is 69.2 Å². The lowest BCUT2D eigenvalue weighted by Gasteiger charge is -2.32. The Morgan fingerprint density at radius 1 is 0.339 bits per heavy atom. The van der Waals surface area contributed by atoms with Gasteiger partial charge in [-0.2, -0.15) is 0 Å². The van der Waals surface area contributed by atoms with Gasteiger partial charge in [-0.05, 0) is 154 Å². The lowest BCUT2D eigenvalue weighted by molar-refractivity contribution is 0.244.